The molecule has 0 fully saturated rings. The molecular formula is C83H58N2O. The van der Waals surface area contributed by atoms with Crippen LogP contribution >= 0.6 is 0 Å². The number of rotatable bonds is 10. The van der Waals surface area contributed by atoms with Crippen LogP contribution in [0, 0.1) is 0 Å². The number of para-hydroxylation sites is 1. The van der Waals surface area contributed by atoms with Gasteiger partial charge in [0.25, 0.3) is 0 Å². The lowest BCUT2D eigenvalue weighted by Crippen LogP contribution is -2.28. The van der Waals surface area contributed by atoms with Crippen LogP contribution in [0.4, 0.5) is 34.1 Å². The third kappa shape index (κ3) is 7.15. The Morgan fingerprint density at radius 1 is 0.233 bits per heavy atom. The highest BCUT2D eigenvalue weighted by atomic mass is 16.3. The smallest absolute Gasteiger partial charge is 0.137 e. The van der Waals surface area contributed by atoms with Gasteiger partial charge in [-0.05, 0) is 162 Å². The minimum absolute atomic E-state index is 0.219. The summed E-state index contributed by atoms with van der Waals surface area (Å²) in [7, 11) is 0. The van der Waals surface area contributed by atoms with Gasteiger partial charge in [-0.3, -0.25) is 0 Å². The van der Waals surface area contributed by atoms with Crippen LogP contribution in [0.2, 0.25) is 0 Å². The van der Waals surface area contributed by atoms with E-state index < -0.39 is 10.8 Å². The zero-order valence-corrected chi connectivity index (χ0v) is 47.8. The van der Waals surface area contributed by atoms with Crippen molar-refractivity contribution in [2.45, 2.75) is 30.1 Å². The fourth-order valence-electron chi connectivity index (χ4n) is 15.5. The van der Waals surface area contributed by atoms with E-state index in [1.807, 2.05) is 6.07 Å². The Hall–Kier alpha value is -10.7. The van der Waals surface area contributed by atoms with Gasteiger partial charge in [-0.25, -0.2) is 0 Å². The highest BCUT2D eigenvalue weighted by Crippen LogP contribution is 2.60. The molecule has 0 bridgehead atoms. The van der Waals surface area contributed by atoms with Gasteiger partial charge in [0.2, 0.25) is 0 Å². The van der Waals surface area contributed by atoms with Gasteiger partial charge in [0.05, 0.1) is 10.8 Å². The van der Waals surface area contributed by atoms with E-state index >= 15 is 0 Å². The van der Waals surface area contributed by atoms with Gasteiger partial charge in [0.15, 0.2) is 0 Å². The van der Waals surface area contributed by atoms with Gasteiger partial charge in [-0.15, -0.1) is 0 Å². The van der Waals surface area contributed by atoms with Crippen molar-refractivity contribution in [3.05, 3.63) is 371 Å². The van der Waals surface area contributed by atoms with Gasteiger partial charge in [0.1, 0.15) is 11.2 Å². The molecule has 14 aromatic rings. The molecule has 1 aromatic heterocycles. The van der Waals surface area contributed by atoms with Crippen molar-refractivity contribution < 1.29 is 4.42 Å². The van der Waals surface area contributed by atoms with E-state index in [2.05, 4.69) is 333 Å². The molecule has 17 rings (SSSR count). The molecule has 0 N–H and O–H groups in total. The largest absolute Gasteiger partial charge is 0.456 e. The molecule has 0 aliphatic heterocycles. The molecule has 86 heavy (non-hydrogen) atoms. The van der Waals surface area contributed by atoms with E-state index in [4.69, 9.17) is 4.42 Å². The molecule has 0 unspecified atom stereocenters. The highest BCUT2D eigenvalue weighted by Gasteiger charge is 2.48. The second-order valence-corrected chi connectivity index (χ2v) is 23.9. The van der Waals surface area contributed by atoms with Gasteiger partial charge in [-0.1, -0.05) is 250 Å². The van der Waals surface area contributed by atoms with Gasteiger partial charge in [0, 0.05) is 56.4 Å². The molecule has 0 spiro atoms. The molecule has 1 heterocycles. The molecule has 3 aliphatic rings. The van der Waals surface area contributed by atoms with E-state index in [1.54, 1.807) is 0 Å². The Morgan fingerprint density at radius 3 is 1.22 bits per heavy atom. The zero-order chi connectivity index (χ0) is 57.1. The molecule has 0 saturated carbocycles. The first-order valence-electron chi connectivity index (χ1n) is 30.0. The predicted octanol–water partition coefficient (Wildman–Crippen LogP) is 21.6. The SMILES string of the molecule is CC1(C)c2ccccc2-c2ccc(N(c3cccc(N(c4ccc5c(c4)-c4ccccc4C5(c4ccccc4)c4ccccc4)c4ccc5c(c4)oc4ccccc45)c3)c3cccc(C4(c5ccccc5)c5ccccc5-c5ccccc54)c3)cc21. The van der Waals surface area contributed by atoms with Crippen molar-refractivity contribution in [1.29, 1.82) is 0 Å². The van der Waals surface area contributed by atoms with Crippen LogP contribution in [-0.2, 0) is 16.2 Å². The van der Waals surface area contributed by atoms with Crippen LogP contribution < -0.4 is 9.80 Å². The van der Waals surface area contributed by atoms with Crippen LogP contribution in [0.5, 0.6) is 0 Å². The average Bonchev–Trinajstić information content (AvgIpc) is 1.58. The fourth-order valence-corrected chi connectivity index (χ4v) is 15.5. The summed E-state index contributed by atoms with van der Waals surface area (Å²) in [6, 6.07) is 117. The Labute approximate surface area is 502 Å². The van der Waals surface area contributed by atoms with Crippen LogP contribution in [0.15, 0.2) is 320 Å². The number of nitrogens with zero attached hydrogens (tertiary/aromatic N) is 2. The summed E-state index contributed by atoms with van der Waals surface area (Å²) in [4.78, 5) is 4.92. The normalized spacial score (nSPS) is 14.2. The van der Waals surface area contributed by atoms with E-state index in [0.717, 1.165) is 56.1 Å². The van der Waals surface area contributed by atoms with Gasteiger partial charge < -0.3 is 14.2 Å². The first-order chi connectivity index (χ1) is 42.4. The summed E-state index contributed by atoms with van der Waals surface area (Å²) in [6.45, 7) is 4.75. The van der Waals surface area contributed by atoms with Crippen LogP contribution in [-0.4, -0.2) is 0 Å². The van der Waals surface area contributed by atoms with Crippen molar-refractivity contribution in [3.8, 4) is 33.4 Å². The monoisotopic (exact) mass is 1100 g/mol. The van der Waals surface area contributed by atoms with Crippen LogP contribution in [0.1, 0.15) is 69.5 Å². The highest BCUT2D eigenvalue weighted by molar-refractivity contribution is 6.06. The van der Waals surface area contributed by atoms with Gasteiger partial charge >= 0.3 is 0 Å². The second kappa shape index (κ2) is 19.2. The minimum atomic E-state index is -0.587. The maximum atomic E-state index is 6.72. The molecule has 3 heteroatoms. The molecule has 0 radical (unpaired) electrons. The van der Waals surface area contributed by atoms with Crippen molar-refractivity contribution in [1.82, 2.24) is 0 Å². The number of hydrogen-bond acceptors (Lipinski definition) is 3. The molecular weight excluding hydrogens is 1040 g/mol. The van der Waals surface area contributed by atoms with Crippen LogP contribution in [0.3, 0.4) is 0 Å². The topological polar surface area (TPSA) is 19.6 Å². The summed E-state index contributed by atoms with van der Waals surface area (Å²) in [6.07, 6.45) is 0. The third-order valence-electron chi connectivity index (χ3n) is 19.2. The first kappa shape index (κ1) is 49.8. The van der Waals surface area contributed by atoms with Crippen LogP contribution in [0.25, 0.3) is 55.3 Å². The number of hydrogen-bond donors (Lipinski definition) is 0. The van der Waals surface area contributed by atoms with E-state index in [1.165, 1.54) is 89.0 Å². The summed E-state index contributed by atoms with van der Waals surface area (Å²) < 4.78 is 6.72. The molecule has 0 saturated heterocycles. The molecule has 406 valence electrons. The zero-order valence-electron chi connectivity index (χ0n) is 47.8. The second-order valence-electron chi connectivity index (χ2n) is 23.9. The Morgan fingerprint density at radius 2 is 0.616 bits per heavy atom. The lowest BCUT2D eigenvalue weighted by molar-refractivity contribution is 0.660. The Balaban J connectivity index is 0.895. The first-order valence-corrected chi connectivity index (χ1v) is 30.0. The number of benzene rings is 13. The third-order valence-corrected chi connectivity index (χ3v) is 19.2. The lowest BCUT2D eigenvalue weighted by atomic mass is 9.67. The van der Waals surface area contributed by atoms with Gasteiger partial charge in [-0.2, -0.15) is 0 Å². The maximum Gasteiger partial charge on any atom is 0.137 e. The molecule has 3 aliphatic carbocycles. The fraction of sp³-hybridized carbons (Fsp3) is 0.0602. The molecule has 0 amide bonds. The quantitative estimate of drug-likeness (QED) is 0.136. The van der Waals surface area contributed by atoms with Crippen molar-refractivity contribution in [2.24, 2.45) is 0 Å². The molecule has 0 atom stereocenters. The summed E-state index contributed by atoms with van der Waals surface area (Å²) in [5, 5.41) is 2.19. The van der Waals surface area contributed by atoms with E-state index in [9.17, 15) is 0 Å². The minimum Gasteiger partial charge on any atom is -0.456 e. The maximum absolute atomic E-state index is 6.72. The standard InChI is InChI=1S/C83H58N2O/c1-81(2)73-39-17-12-34-65(73)69-47-44-63(53-78(69)81)84(59-31-22-30-58(50-59)83(57-28-10-5-11-29-57)74-40-18-13-35-66(74)67-36-14-19-41-75(67)83)60-32-23-33-61(51-60)85(64-45-48-71-70-38-16-21-43-79(70)86-80(71)54-64)62-46-49-77-72(52-62)68-37-15-20-42-76(68)82(77,55-24-6-3-7-25-55)56-26-8-4-9-27-56/h3-54H,1-2H3. The molecule has 3 nitrogen and oxygen atoms in total. The average molecular weight is 1100 g/mol. The number of furan rings is 1. The Kier molecular flexibility index (Phi) is 11.1. The van der Waals surface area contributed by atoms with Crippen molar-refractivity contribution in [2.75, 3.05) is 9.80 Å². The summed E-state index contributed by atoms with van der Waals surface area (Å²) in [5.74, 6) is 0. The Bertz CT molecular complexity index is 4910. The lowest BCUT2D eigenvalue weighted by Gasteiger charge is -2.35. The molecule has 13 aromatic carbocycles. The van der Waals surface area contributed by atoms with E-state index in [0.29, 0.717) is 0 Å². The van der Waals surface area contributed by atoms with Crippen molar-refractivity contribution >= 4 is 56.1 Å². The number of anilines is 6. The summed E-state index contributed by atoms with van der Waals surface area (Å²) in [5.41, 5.74) is 26.8. The van der Waals surface area contributed by atoms with Crippen molar-refractivity contribution in [3.63, 3.8) is 0 Å². The number of fused-ring (bicyclic) bond motifs is 12. The van der Waals surface area contributed by atoms with E-state index in [-0.39, 0.29) is 5.41 Å². The predicted molar refractivity (Wildman–Crippen MR) is 355 cm³/mol. The summed E-state index contributed by atoms with van der Waals surface area (Å²) >= 11 is 0.